The summed E-state index contributed by atoms with van der Waals surface area (Å²) in [4.78, 5) is 0. The van der Waals surface area contributed by atoms with Gasteiger partial charge in [-0.2, -0.15) is 0 Å². The van der Waals surface area contributed by atoms with Gasteiger partial charge in [-0.3, -0.25) is 4.68 Å². The number of unbranched alkanes of at least 4 members (excludes halogenated alkanes) is 1. The van der Waals surface area contributed by atoms with Crippen LogP contribution in [0.5, 0.6) is 0 Å². The van der Waals surface area contributed by atoms with Crippen molar-refractivity contribution in [2.75, 3.05) is 0 Å². The smallest absolute Gasteiger partial charge is 0.0692 e. The zero-order valence-corrected chi connectivity index (χ0v) is 12.4. The fourth-order valence-electron chi connectivity index (χ4n) is 0.652. The summed E-state index contributed by atoms with van der Waals surface area (Å²) in [6, 6.07) is 12.0. The van der Waals surface area contributed by atoms with E-state index in [-0.39, 0.29) is 0 Å². The number of aryl methyl sites for hydroxylation is 1. The van der Waals surface area contributed by atoms with Crippen molar-refractivity contribution in [3.8, 4) is 0 Å². The molecular formula is C15H27N3. The third kappa shape index (κ3) is 16.8. The van der Waals surface area contributed by atoms with Crippen LogP contribution in [-0.4, -0.2) is 15.0 Å². The molecule has 0 aliphatic heterocycles. The molecule has 3 heteroatoms. The molecule has 0 aliphatic rings. The molecule has 0 N–H and O–H groups in total. The van der Waals surface area contributed by atoms with Crippen LogP contribution in [0.25, 0.3) is 0 Å². The molecule has 102 valence electrons. The van der Waals surface area contributed by atoms with E-state index in [2.05, 4.69) is 24.2 Å². The van der Waals surface area contributed by atoms with Crippen molar-refractivity contribution >= 4 is 0 Å². The highest BCUT2D eigenvalue weighted by molar-refractivity contribution is 4.99. The molecule has 0 spiro atoms. The molecule has 2 rings (SSSR count). The minimum absolute atomic E-state index is 1.32. The van der Waals surface area contributed by atoms with E-state index in [1.54, 1.807) is 17.1 Å². The quantitative estimate of drug-likeness (QED) is 0.753. The van der Waals surface area contributed by atoms with E-state index in [0.29, 0.717) is 0 Å². The van der Waals surface area contributed by atoms with Gasteiger partial charge >= 0.3 is 0 Å². The maximum Gasteiger partial charge on any atom is 0.0692 e. The number of aromatic nitrogens is 3. The molecular weight excluding hydrogens is 222 g/mol. The van der Waals surface area contributed by atoms with Gasteiger partial charge < -0.3 is 0 Å². The van der Waals surface area contributed by atoms with Crippen LogP contribution in [-0.2, 0) is 7.05 Å². The van der Waals surface area contributed by atoms with Crippen molar-refractivity contribution in [1.82, 2.24) is 15.0 Å². The Labute approximate surface area is 112 Å². The van der Waals surface area contributed by atoms with Gasteiger partial charge in [0.15, 0.2) is 0 Å². The Morgan fingerprint density at radius 2 is 1.22 bits per heavy atom. The average molecular weight is 249 g/mol. The van der Waals surface area contributed by atoms with Gasteiger partial charge in [0.05, 0.1) is 6.20 Å². The first-order valence-electron chi connectivity index (χ1n) is 6.61. The molecule has 1 aromatic heterocycles. The third-order valence-electron chi connectivity index (χ3n) is 1.71. The zero-order valence-electron chi connectivity index (χ0n) is 12.4. The summed E-state index contributed by atoms with van der Waals surface area (Å²) >= 11 is 0. The number of hydrogen-bond donors (Lipinski definition) is 0. The summed E-state index contributed by atoms with van der Waals surface area (Å²) in [5.74, 6) is 0. The predicted octanol–water partition coefficient (Wildman–Crippen LogP) is 4.33. The summed E-state index contributed by atoms with van der Waals surface area (Å²) in [6.45, 7) is 8.36. The summed E-state index contributed by atoms with van der Waals surface area (Å²) in [7, 11) is 1.83. The van der Waals surface area contributed by atoms with Crippen LogP contribution in [0, 0.1) is 0 Å². The largest absolute Gasteiger partial charge is 0.256 e. The van der Waals surface area contributed by atoms with Crippen LogP contribution in [0.3, 0.4) is 0 Å². The lowest BCUT2D eigenvalue weighted by atomic mass is 10.4. The lowest BCUT2D eigenvalue weighted by molar-refractivity contribution is 0.715. The summed E-state index contributed by atoms with van der Waals surface area (Å²) in [6.07, 6.45) is 6.06. The molecule has 0 aliphatic carbocycles. The van der Waals surface area contributed by atoms with Crippen molar-refractivity contribution in [1.29, 1.82) is 0 Å². The van der Waals surface area contributed by atoms with Crippen molar-refractivity contribution in [2.24, 2.45) is 7.05 Å². The van der Waals surface area contributed by atoms with Crippen molar-refractivity contribution in [2.45, 2.75) is 40.5 Å². The molecule has 0 atom stereocenters. The molecule has 0 saturated carbocycles. The molecule has 18 heavy (non-hydrogen) atoms. The molecule has 0 amide bonds. The van der Waals surface area contributed by atoms with Gasteiger partial charge in [0.1, 0.15) is 0 Å². The molecule has 1 aromatic carbocycles. The van der Waals surface area contributed by atoms with E-state index in [1.165, 1.54) is 12.8 Å². The Kier molecular flexibility index (Phi) is 18.5. The lowest BCUT2D eigenvalue weighted by Gasteiger charge is -1.74. The number of benzene rings is 1. The average Bonchev–Trinajstić information content (AvgIpc) is 2.95. The van der Waals surface area contributed by atoms with Gasteiger partial charge in [0.2, 0.25) is 0 Å². The molecule has 0 fully saturated rings. The first kappa shape index (κ1) is 18.7. The van der Waals surface area contributed by atoms with Crippen molar-refractivity contribution in [3.63, 3.8) is 0 Å². The normalized spacial score (nSPS) is 7.61. The highest BCUT2D eigenvalue weighted by atomic mass is 15.4. The van der Waals surface area contributed by atoms with Crippen LogP contribution in [0.15, 0.2) is 48.8 Å². The van der Waals surface area contributed by atoms with Crippen LogP contribution < -0.4 is 0 Å². The maximum atomic E-state index is 3.58. The Hall–Kier alpha value is -1.64. The standard InChI is InChI=1S/C6H6.C4H10.C3H5N3.C2H6/c1-2-4-6-5-3-1;1-3-4-2;1-6-3-2-4-5-6;1-2/h1-6H;3-4H2,1-2H3;2-3H,1H3;1-2H3. The number of nitrogens with zero attached hydrogens (tertiary/aromatic N) is 3. The van der Waals surface area contributed by atoms with Gasteiger partial charge in [0.25, 0.3) is 0 Å². The summed E-state index contributed by atoms with van der Waals surface area (Å²) in [5, 5.41) is 7.12. The Balaban J connectivity index is 0. The highest BCUT2D eigenvalue weighted by Gasteiger charge is 1.71. The topological polar surface area (TPSA) is 30.7 Å². The second-order valence-corrected chi connectivity index (χ2v) is 3.23. The second-order valence-electron chi connectivity index (χ2n) is 3.23. The summed E-state index contributed by atoms with van der Waals surface area (Å²) < 4.78 is 1.64. The minimum atomic E-state index is 1.32. The van der Waals surface area contributed by atoms with Crippen LogP contribution >= 0.6 is 0 Å². The van der Waals surface area contributed by atoms with Gasteiger partial charge in [-0.05, 0) is 0 Å². The lowest BCUT2D eigenvalue weighted by Crippen LogP contribution is -1.85. The summed E-state index contributed by atoms with van der Waals surface area (Å²) in [5.41, 5.74) is 0. The van der Waals surface area contributed by atoms with Crippen molar-refractivity contribution in [3.05, 3.63) is 48.8 Å². The maximum absolute atomic E-state index is 3.58. The second kappa shape index (κ2) is 17.7. The zero-order chi connectivity index (χ0) is 14.1. The van der Waals surface area contributed by atoms with Crippen LogP contribution in [0.4, 0.5) is 0 Å². The van der Waals surface area contributed by atoms with Gasteiger partial charge in [-0.1, -0.05) is 82.1 Å². The van der Waals surface area contributed by atoms with Gasteiger partial charge in [0, 0.05) is 13.2 Å². The van der Waals surface area contributed by atoms with E-state index in [4.69, 9.17) is 0 Å². The fourth-order valence-corrected chi connectivity index (χ4v) is 0.652. The van der Waals surface area contributed by atoms with Gasteiger partial charge in [-0.25, -0.2) is 0 Å². The van der Waals surface area contributed by atoms with E-state index in [0.717, 1.165) is 0 Å². The fraction of sp³-hybridized carbons (Fsp3) is 0.467. The van der Waals surface area contributed by atoms with Gasteiger partial charge in [-0.15, -0.1) is 5.10 Å². The molecule has 2 aromatic rings. The highest BCUT2D eigenvalue weighted by Crippen LogP contribution is 1.80. The molecule has 0 radical (unpaired) electrons. The Morgan fingerprint density at radius 1 is 0.833 bits per heavy atom. The Bertz CT molecular complexity index is 275. The molecule has 1 heterocycles. The van der Waals surface area contributed by atoms with E-state index < -0.39 is 0 Å². The van der Waals surface area contributed by atoms with E-state index >= 15 is 0 Å². The molecule has 0 unspecified atom stereocenters. The van der Waals surface area contributed by atoms with Crippen LogP contribution in [0.2, 0.25) is 0 Å². The first-order chi connectivity index (χ1) is 8.81. The number of rotatable bonds is 1. The number of hydrogen-bond acceptors (Lipinski definition) is 2. The van der Waals surface area contributed by atoms with Crippen molar-refractivity contribution < 1.29 is 0 Å². The molecule has 0 bridgehead atoms. The SMILES string of the molecule is CC.CCCC.Cn1ccnn1.c1ccccc1. The molecule has 3 nitrogen and oxygen atoms in total. The first-order valence-corrected chi connectivity index (χ1v) is 6.61. The Morgan fingerprint density at radius 3 is 1.33 bits per heavy atom. The van der Waals surface area contributed by atoms with E-state index in [1.807, 2.05) is 57.3 Å². The molecule has 0 saturated heterocycles. The monoisotopic (exact) mass is 249 g/mol. The predicted molar refractivity (Wildman–Crippen MR) is 79.4 cm³/mol. The third-order valence-corrected chi connectivity index (χ3v) is 1.71. The van der Waals surface area contributed by atoms with E-state index in [9.17, 15) is 0 Å². The minimum Gasteiger partial charge on any atom is -0.256 e. The van der Waals surface area contributed by atoms with Crippen LogP contribution in [0.1, 0.15) is 40.5 Å².